The second kappa shape index (κ2) is 8.06. The number of hydrogen-bond acceptors (Lipinski definition) is 3. The lowest BCUT2D eigenvalue weighted by atomic mass is 10.1. The lowest BCUT2D eigenvalue weighted by Gasteiger charge is -2.19. The Morgan fingerprint density at radius 2 is 1.88 bits per heavy atom. The summed E-state index contributed by atoms with van der Waals surface area (Å²) in [5, 5.41) is 3.28. The molecule has 0 unspecified atom stereocenters. The minimum absolute atomic E-state index is 0.210. The molecule has 0 saturated carbocycles. The smallest absolute Gasteiger partial charge is 0.265 e. The highest BCUT2D eigenvalue weighted by Crippen LogP contribution is 2.27. The van der Waals surface area contributed by atoms with Gasteiger partial charge in [-0.05, 0) is 50.1 Å². The SMILES string of the molecule is CC[C@H](Oc1ccc(C)cc1C)C(=O)Nc1ccc(OC)c(Cl)c1. The number of aryl methyl sites for hydroxylation is 2. The van der Waals surface area contributed by atoms with Crippen LogP contribution in [-0.2, 0) is 4.79 Å². The molecule has 0 aliphatic rings. The molecule has 1 amide bonds. The van der Waals surface area contributed by atoms with Crippen molar-refractivity contribution in [3.63, 3.8) is 0 Å². The van der Waals surface area contributed by atoms with Crippen LogP contribution in [0.3, 0.4) is 0 Å². The lowest BCUT2D eigenvalue weighted by Crippen LogP contribution is -2.32. The van der Waals surface area contributed by atoms with Crippen molar-refractivity contribution < 1.29 is 14.3 Å². The van der Waals surface area contributed by atoms with Crippen molar-refractivity contribution in [1.29, 1.82) is 0 Å². The van der Waals surface area contributed by atoms with Crippen LogP contribution in [0.2, 0.25) is 5.02 Å². The van der Waals surface area contributed by atoms with E-state index in [0.29, 0.717) is 22.9 Å². The number of hydrogen-bond donors (Lipinski definition) is 1. The van der Waals surface area contributed by atoms with Gasteiger partial charge in [-0.2, -0.15) is 0 Å². The van der Waals surface area contributed by atoms with Gasteiger partial charge in [-0.3, -0.25) is 4.79 Å². The maximum atomic E-state index is 12.5. The summed E-state index contributed by atoms with van der Waals surface area (Å²) < 4.78 is 11.0. The average molecular weight is 348 g/mol. The Morgan fingerprint density at radius 1 is 1.17 bits per heavy atom. The van der Waals surface area contributed by atoms with E-state index in [2.05, 4.69) is 5.32 Å². The summed E-state index contributed by atoms with van der Waals surface area (Å²) >= 11 is 6.08. The molecule has 2 aromatic carbocycles. The zero-order valence-corrected chi connectivity index (χ0v) is 15.1. The number of amides is 1. The van der Waals surface area contributed by atoms with Crippen molar-refractivity contribution in [2.45, 2.75) is 33.3 Å². The van der Waals surface area contributed by atoms with E-state index in [1.165, 1.54) is 0 Å². The van der Waals surface area contributed by atoms with Crippen LogP contribution in [0.5, 0.6) is 11.5 Å². The van der Waals surface area contributed by atoms with Crippen LogP contribution in [0.1, 0.15) is 24.5 Å². The van der Waals surface area contributed by atoms with Crippen molar-refractivity contribution >= 4 is 23.2 Å². The maximum Gasteiger partial charge on any atom is 0.265 e. The molecule has 2 rings (SSSR count). The zero-order chi connectivity index (χ0) is 17.7. The first-order valence-electron chi connectivity index (χ1n) is 7.83. The molecule has 0 fully saturated rings. The summed E-state index contributed by atoms with van der Waals surface area (Å²) in [6, 6.07) is 11.0. The van der Waals surface area contributed by atoms with E-state index in [1.807, 2.05) is 39.0 Å². The number of carbonyl (C=O) groups excluding carboxylic acids is 1. The van der Waals surface area contributed by atoms with E-state index in [1.54, 1.807) is 25.3 Å². The van der Waals surface area contributed by atoms with Crippen molar-refractivity contribution in [2.24, 2.45) is 0 Å². The molecular formula is C19H22ClNO3. The van der Waals surface area contributed by atoms with E-state index in [0.717, 1.165) is 16.9 Å². The van der Waals surface area contributed by atoms with Crippen LogP contribution in [0, 0.1) is 13.8 Å². The van der Waals surface area contributed by atoms with Crippen molar-refractivity contribution in [2.75, 3.05) is 12.4 Å². The van der Waals surface area contributed by atoms with Gasteiger partial charge in [0.15, 0.2) is 6.10 Å². The predicted molar refractivity (Wildman–Crippen MR) is 97.3 cm³/mol. The quantitative estimate of drug-likeness (QED) is 0.819. The van der Waals surface area contributed by atoms with Crippen LogP contribution in [0.25, 0.3) is 0 Å². The third-order valence-electron chi connectivity index (χ3n) is 3.68. The number of nitrogens with one attached hydrogen (secondary N) is 1. The summed E-state index contributed by atoms with van der Waals surface area (Å²) in [7, 11) is 1.55. The molecule has 0 radical (unpaired) electrons. The second-order valence-electron chi connectivity index (χ2n) is 5.62. The van der Waals surface area contributed by atoms with Crippen LogP contribution >= 0.6 is 11.6 Å². The first-order chi connectivity index (χ1) is 11.4. The molecule has 2 aromatic rings. The monoisotopic (exact) mass is 347 g/mol. The molecule has 0 bridgehead atoms. The minimum atomic E-state index is -0.577. The van der Waals surface area contributed by atoms with Crippen molar-refractivity contribution in [3.8, 4) is 11.5 Å². The van der Waals surface area contributed by atoms with Gasteiger partial charge in [0.05, 0.1) is 12.1 Å². The largest absolute Gasteiger partial charge is 0.495 e. The third-order valence-corrected chi connectivity index (χ3v) is 3.98. The molecule has 1 N–H and O–H groups in total. The van der Waals surface area contributed by atoms with Gasteiger partial charge in [0.25, 0.3) is 5.91 Å². The standard InChI is InChI=1S/C19H22ClNO3/c1-5-16(24-17-8-6-12(2)10-13(17)3)19(22)21-14-7-9-18(23-4)15(20)11-14/h6-11,16H,5H2,1-4H3,(H,21,22)/t16-/m0/s1. The average Bonchev–Trinajstić information content (AvgIpc) is 2.54. The second-order valence-corrected chi connectivity index (χ2v) is 6.03. The molecule has 0 aliphatic carbocycles. The zero-order valence-electron chi connectivity index (χ0n) is 14.4. The number of ether oxygens (including phenoxy) is 2. The van der Waals surface area contributed by atoms with E-state index < -0.39 is 6.10 Å². The van der Waals surface area contributed by atoms with Crippen molar-refractivity contribution in [1.82, 2.24) is 0 Å². The number of rotatable bonds is 6. The maximum absolute atomic E-state index is 12.5. The molecular weight excluding hydrogens is 326 g/mol. The Kier molecular flexibility index (Phi) is 6.10. The number of carbonyl (C=O) groups is 1. The van der Waals surface area contributed by atoms with Gasteiger partial charge in [-0.1, -0.05) is 36.2 Å². The first-order valence-corrected chi connectivity index (χ1v) is 8.20. The van der Waals surface area contributed by atoms with Gasteiger partial charge < -0.3 is 14.8 Å². The fourth-order valence-electron chi connectivity index (χ4n) is 2.37. The molecule has 4 nitrogen and oxygen atoms in total. The molecule has 24 heavy (non-hydrogen) atoms. The van der Waals surface area contributed by atoms with Gasteiger partial charge in [-0.25, -0.2) is 0 Å². The van der Waals surface area contributed by atoms with Crippen molar-refractivity contribution in [3.05, 3.63) is 52.5 Å². The van der Waals surface area contributed by atoms with Gasteiger partial charge in [-0.15, -0.1) is 0 Å². The fourth-order valence-corrected chi connectivity index (χ4v) is 2.63. The van der Waals surface area contributed by atoms with Crippen LogP contribution in [-0.4, -0.2) is 19.1 Å². The Morgan fingerprint density at radius 3 is 2.46 bits per heavy atom. The van der Waals surface area contributed by atoms with E-state index >= 15 is 0 Å². The summed E-state index contributed by atoms with van der Waals surface area (Å²) in [4.78, 5) is 12.5. The molecule has 0 saturated heterocycles. The fraction of sp³-hybridized carbons (Fsp3) is 0.316. The highest BCUT2D eigenvalue weighted by Gasteiger charge is 2.19. The topological polar surface area (TPSA) is 47.6 Å². The summed E-state index contributed by atoms with van der Waals surface area (Å²) in [5.74, 6) is 1.07. The highest BCUT2D eigenvalue weighted by molar-refractivity contribution is 6.32. The van der Waals surface area contributed by atoms with Gasteiger partial charge in [0, 0.05) is 5.69 Å². The Labute approximate surface area is 147 Å². The molecule has 128 valence electrons. The Hall–Kier alpha value is -2.20. The highest BCUT2D eigenvalue weighted by atomic mass is 35.5. The predicted octanol–water partition coefficient (Wildman–Crippen LogP) is 4.76. The van der Waals surface area contributed by atoms with E-state index in [-0.39, 0.29) is 5.91 Å². The molecule has 0 spiro atoms. The van der Waals surface area contributed by atoms with E-state index in [4.69, 9.17) is 21.1 Å². The van der Waals surface area contributed by atoms with Gasteiger partial charge in [0.1, 0.15) is 11.5 Å². The third kappa shape index (κ3) is 4.42. The minimum Gasteiger partial charge on any atom is -0.495 e. The molecule has 1 atom stereocenters. The molecule has 0 heterocycles. The number of anilines is 1. The summed E-state index contributed by atoms with van der Waals surface area (Å²) in [6.45, 7) is 5.90. The molecule has 5 heteroatoms. The normalized spacial score (nSPS) is 11.7. The number of benzene rings is 2. The van der Waals surface area contributed by atoms with Crippen LogP contribution in [0.15, 0.2) is 36.4 Å². The first kappa shape index (κ1) is 18.1. The van der Waals surface area contributed by atoms with Gasteiger partial charge in [0.2, 0.25) is 0 Å². The van der Waals surface area contributed by atoms with Crippen LogP contribution in [0.4, 0.5) is 5.69 Å². The summed E-state index contributed by atoms with van der Waals surface area (Å²) in [6.07, 6.45) is -0.0180. The molecule has 0 aliphatic heterocycles. The summed E-state index contributed by atoms with van der Waals surface area (Å²) in [5.41, 5.74) is 2.77. The number of halogens is 1. The Balaban J connectivity index is 2.09. The number of methoxy groups -OCH3 is 1. The Bertz CT molecular complexity index is 731. The molecule has 0 aromatic heterocycles. The van der Waals surface area contributed by atoms with Gasteiger partial charge >= 0.3 is 0 Å². The van der Waals surface area contributed by atoms with Crippen LogP contribution < -0.4 is 14.8 Å². The lowest BCUT2D eigenvalue weighted by molar-refractivity contribution is -0.122. The van der Waals surface area contributed by atoms with E-state index in [9.17, 15) is 4.79 Å².